The third-order valence-corrected chi connectivity index (χ3v) is 4.53. The van der Waals surface area contributed by atoms with E-state index in [4.69, 9.17) is 0 Å². The number of rotatable bonds is 0. The van der Waals surface area contributed by atoms with Crippen LogP contribution in [0.4, 0.5) is 0 Å². The maximum Gasteiger partial charge on any atom is 0.165 e. The lowest BCUT2D eigenvalue weighted by atomic mass is 9.51. The van der Waals surface area contributed by atoms with Crippen molar-refractivity contribution >= 4 is 5.78 Å². The van der Waals surface area contributed by atoms with Crippen LogP contribution in [0.2, 0.25) is 0 Å². The first kappa shape index (κ1) is 9.95. The topological polar surface area (TPSA) is 17.1 Å². The van der Waals surface area contributed by atoms with E-state index in [2.05, 4.69) is 41.5 Å². The fraction of sp³-hybridized carbons (Fsp3) is 0.769. The van der Waals surface area contributed by atoms with E-state index < -0.39 is 0 Å². The second-order valence-electron chi connectivity index (χ2n) is 6.30. The molecule has 0 heterocycles. The molecule has 0 aromatic heterocycles. The predicted octanol–water partition coefficient (Wildman–Crippen LogP) is 3.35. The van der Waals surface area contributed by atoms with Crippen LogP contribution in [-0.2, 0) is 4.79 Å². The molecule has 1 nitrogen and oxygen atoms in total. The summed E-state index contributed by atoms with van der Waals surface area (Å²) >= 11 is 0. The first-order valence-electron chi connectivity index (χ1n) is 5.41. The van der Waals surface area contributed by atoms with Crippen LogP contribution >= 0.6 is 0 Å². The molecule has 0 amide bonds. The van der Waals surface area contributed by atoms with Crippen LogP contribution < -0.4 is 0 Å². The Balaban J connectivity index is 2.53. The quantitative estimate of drug-likeness (QED) is 0.538. The standard InChI is InChI=1S/C13H20O/c1-8(2)9-10(14)12(5,6)13(9)7-11(13,3)4/h7H2,1-6H3. The van der Waals surface area contributed by atoms with Crippen molar-refractivity contribution < 1.29 is 4.79 Å². The number of Topliss-reactive ketones (excluding diaryl/α,β-unsaturated/α-hetero) is 1. The summed E-state index contributed by atoms with van der Waals surface area (Å²) in [6.45, 7) is 12.9. The van der Waals surface area contributed by atoms with Crippen LogP contribution in [0.25, 0.3) is 0 Å². The Morgan fingerprint density at radius 2 is 1.57 bits per heavy atom. The molecule has 0 saturated heterocycles. The summed E-state index contributed by atoms with van der Waals surface area (Å²) in [6.07, 6.45) is 1.18. The lowest BCUT2D eigenvalue weighted by Crippen LogP contribution is -2.52. The van der Waals surface area contributed by atoms with Gasteiger partial charge in [-0.2, -0.15) is 0 Å². The van der Waals surface area contributed by atoms with Gasteiger partial charge in [0.2, 0.25) is 0 Å². The molecule has 2 saturated carbocycles. The number of ketones is 1. The molecule has 1 spiro atoms. The van der Waals surface area contributed by atoms with Crippen molar-refractivity contribution in [3.05, 3.63) is 11.1 Å². The summed E-state index contributed by atoms with van der Waals surface area (Å²) in [7, 11) is 0. The van der Waals surface area contributed by atoms with Crippen molar-refractivity contribution in [3.63, 3.8) is 0 Å². The maximum absolute atomic E-state index is 12.0. The number of carbonyl (C=O) groups is 1. The molecule has 0 N–H and O–H groups in total. The van der Waals surface area contributed by atoms with Gasteiger partial charge in [-0.3, -0.25) is 4.79 Å². The molecule has 0 aliphatic heterocycles. The summed E-state index contributed by atoms with van der Waals surface area (Å²) in [5.74, 6) is 0.378. The van der Waals surface area contributed by atoms with Gasteiger partial charge in [0.1, 0.15) is 0 Å². The number of carbonyl (C=O) groups excluding carboxylic acids is 1. The molecule has 0 radical (unpaired) electrons. The van der Waals surface area contributed by atoms with E-state index in [1.165, 1.54) is 12.0 Å². The number of allylic oxidation sites excluding steroid dienone is 2. The Bertz CT molecular complexity index is 353. The molecule has 78 valence electrons. The Kier molecular flexibility index (Phi) is 1.53. The molecule has 0 aromatic rings. The van der Waals surface area contributed by atoms with Gasteiger partial charge in [-0.05, 0) is 25.7 Å². The summed E-state index contributed by atoms with van der Waals surface area (Å²) in [5, 5.41) is 0. The van der Waals surface area contributed by atoms with Gasteiger partial charge in [0.25, 0.3) is 0 Å². The molecule has 14 heavy (non-hydrogen) atoms. The van der Waals surface area contributed by atoms with Gasteiger partial charge in [-0.15, -0.1) is 0 Å². The minimum absolute atomic E-state index is 0.122. The Morgan fingerprint density at radius 3 is 1.79 bits per heavy atom. The second kappa shape index (κ2) is 2.15. The van der Waals surface area contributed by atoms with Crippen molar-refractivity contribution in [1.29, 1.82) is 0 Å². The van der Waals surface area contributed by atoms with Crippen molar-refractivity contribution in [2.24, 2.45) is 16.2 Å². The van der Waals surface area contributed by atoms with Crippen molar-refractivity contribution in [3.8, 4) is 0 Å². The fourth-order valence-electron chi connectivity index (χ4n) is 3.72. The van der Waals surface area contributed by atoms with E-state index in [1.54, 1.807) is 0 Å². The zero-order chi connectivity index (χ0) is 10.9. The summed E-state index contributed by atoms with van der Waals surface area (Å²) in [6, 6.07) is 0. The van der Waals surface area contributed by atoms with Crippen LogP contribution in [0.1, 0.15) is 48.0 Å². The molecular weight excluding hydrogens is 172 g/mol. The Hall–Kier alpha value is -0.590. The van der Waals surface area contributed by atoms with E-state index in [0.29, 0.717) is 11.2 Å². The average Bonchev–Trinajstić information content (AvgIpc) is 2.57. The van der Waals surface area contributed by atoms with E-state index >= 15 is 0 Å². The highest BCUT2D eigenvalue weighted by molar-refractivity contribution is 6.11. The molecule has 2 aliphatic rings. The molecule has 1 unspecified atom stereocenters. The highest BCUT2D eigenvalue weighted by Gasteiger charge is 2.79. The lowest BCUT2D eigenvalue weighted by molar-refractivity contribution is -0.137. The second-order valence-corrected chi connectivity index (χ2v) is 6.30. The van der Waals surface area contributed by atoms with Crippen molar-refractivity contribution in [2.45, 2.75) is 48.0 Å². The Morgan fingerprint density at radius 1 is 1.14 bits per heavy atom. The highest BCUT2D eigenvalue weighted by atomic mass is 16.1. The normalized spacial score (nSPS) is 37.0. The molecule has 0 bridgehead atoms. The first-order chi connectivity index (χ1) is 6.18. The van der Waals surface area contributed by atoms with Gasteiger partial charge in [0.15, 0.2) is 5.78 Å². The van der Waals surface area contributed by atoms with Crippen LogP contribution in [0.3, 0.4) is 0 Å². The minimum atomic E-state index is -0.122. The van der Waals surface area contributed by atoms with Crippen LogP contribution in [-0.4, -0.2) is 5.78 Å². The molecule has 1 heteroatoms. The van der Waals surface area contributed by atoms with E-state index in [9.17, 15) is 4.79 Å². The van der Waals surface area contributed by atoms with E-state index in [1.807, 2.05) is 0 Å². The molecule has 2 rings (SSSR count). The van der Waals surface area contributed by atoms with Gasteiger partial charge in [-0.1, -0.05) is 33.3 Å². The van der Waals surface area contributed by atoms with Crippen LogP contribution in [0.5, 0.6) is 0 Å². The summed E-state index contributed by atoms with van der Waals surface area (Å²) < 4.78 is 0. The molecule has 2 fully saturated rings. The maximum atomic E-state index is 12.0. The molecule has 0 aromatic carbocycles. The largest absolute Gasteiger partial charge is 0.294 e. The van der Waals surface area contributed by atoms with Gasteiger partial charge >= 0.3 is 0 Å². The molecule has 1 atom stereocenters. The average molecular weight is 192 g/mol. The Labute approximate surface area is 86.6 Å². The summed E-state index contributed by atoms with van der Waals surface area (Å²) in [4.78, 5) is 12.0. The summed E-state index contributed by atoms with van der Waals surface area (Å²) in [5.41, 5.74) is 2.77. The predicted molar refractivity (Wildman–Crippen MR) is 58.0 cm³/mol. The van der Waals surface area contributed by atoms with Crippen LogP contribution in [0, 0.1) is 16.2 Å². The smallest absolute Gasteiger partial charge is 0.165 e. The third kappa shape index (κ3) is 0.721. The zero-order valence-electron chi connectivity index (χ0n) is 10.1. The molecular formula is C13H20O. The monoisotopic (exact) mass is 192 g/mol. The number of hydrogen-bond acceptors (Lipinski definition) is 1. The number of hydrogen-bond donors (Lipinski definition) is 0. The zero-order valence-corrected chi connectivity index (χ0v) is 10.1. The minimum Gasteiger partial charge on any atom is -0.294 e. The van der Waals surface area contributed by atoms with Gasteiger partial charge in [-0.25, -0.2) is 0 Å². The van der Waals surface area contributed by atoms with Crippen LogP contribution in [0.15, 0.2) is 11.1 Å². The first-order valence-corrected chi connectivity index (χ1v) is 5.41. The van der Waals surface area contributed by atoms with Crippen molar-refractivity contribution in [1.82, 2.24) is 0 Å². The van der Waals surface area contributed by atoms with Gasteiger partial charge < -0.3 is 0 Å². The van der Waals surface area contributed by atoms with E-state index in [-0.39, 0.29) is 10.8 Å². The van der Waals surface area contributed by atoms with E-state index in [0.717, 1.165) is 5.57 Å². The highest BCUT2D eigenvalue weighted by Crippen LogP contribution is 2.81. The van der Waals surface area contributed by atoms with Gasteiger partial charge in [0, 0.05) is 16.4 Å². The fourth-order valence-corrected chi connectivity index (χ4v) is 3.72. The SMILES string of the molecule is CC(C)=C1C(=O)C(C)(C)C12CC2(C)C. The van der Waals surface area contributed by atoms with Gasteiger partial charge in [0.05, 0.1) is 0 Å². The lowest BCUT2D eigenvalue weighted by Gasteiger charge is -2.49. The molecule has 2 aliphatic carbocycles. The van der Waals surface area contributed by atoms with Crippen molar-refractivity contribution in [2.75, 3.05) is 0 Å². The third-order valence-electron chi connectivity index (χ3n) is 4.53.